The average Bonchev–Trinajstić information content (AvgIpc) is 3.36. The zero-order chi connectivity index (χ0) is 20.8. The van der Waals surface area contributed by atoms with Gasteiger partial charge in [0.2, 0.25) is 18.6 Å². The quantitative estimate of drug-likeness (QED) is 0.626. The normalized spacial score (nSPS) is 12.3. The lowest BCUT2D eigenvalue weighted by Crippen LogP contribution is -2.46. The van der Waals surface area contributed by atoms with Gasteiger partial charge < -0.3 is 24.0 Å². The van der Waals surface area contributed by atoms with Crippen molar-refractivity contribution in [1.82, 2.24) is 9.80 Å². The van der Waals surface area contributed by atoms with Gasteiger partial charge >= 0.3 is 0 Å². The van der Waals surface area contributed by atoms with Gasteiger partial charge in [-0.1, -0.05) is 12.1 Å². The summed E-state index contributed by atoms with van der Waals surface area (Å²) in [5.41, 5.74) is 0.943. The predicted molar refractivity (Wildman–Crippen MR) is 110 cm³/mol. The van der Waals surface area contributed by atoms with E-state index in [9.17, 15) is 9.59 Å². The minimum atomic E-state index is -0.199. The highest BCUT2D eigenvalue weighted by Crippen LogP contribution is 2.33. The standard InChI is InChI=1S/C21H26N2O5S/c1-15(2)23(21(25)13-26-3)12-20(24)22(11-17-5-4-8-29-17)10-16-6-7-18-19(9-16)28-14-27-18/h4-9,15H,10-14H2,1-3H3. The van der Waals surface area contributed by atoms with Crippen molar-refractivity contribution in [2.75, 3.05) is 27.1 Å². The molecule has 1 aliphatic rings. The van der Waals surface area contributed by atoms with Crippen molar-refractivity contribution in [2.45, 2.75) is 33.0 Å². The first-order chi connectivity index (χ1) is 14.0. The Morgan fingerprint density at radius 2 is 1.93 bits per heavy atom. The van der Waals surface area contributed by atoms with Crippen molar-refractivity contribution in [3.8, 4) is 11.5 Å². The van der Waals surface area contributed by atoms with Crippen LogP contribution in [0.5, 0.6) is 11.5 Å². The third-order valence-electron chi connectivity index (χ3n) is 4.61. The molecule has 0 fully saturated rings. The molecule has 2 aromatic rings. The lowest BCUT2D eigenvalue weighted by atomic mass is 10.1. The fraction of sp³-hybridized carbons (Fsp3) is 0.429. The number of ether oxygens (including phenoxy) is 3. The number of thiophene rings is 1. The third-order valence-corrected chi connectivity index (χ3v) is 5.47. The van der Waals surface area contributed by atoms with Crippen LogP contribution in [0.3, 0.4) is 0 Å². The number of hydrogen-bond acceptors (Lipinski definition) is 6. The van der Waals surface area contributed by atoms with Crippen molar-refractivity contribution in [3.63, 3.8) is 0 Å². The van der Waals surface area contributed by atoms with Crippen LogP contribution in [0, 0.1) is 0 Å². The lowest BCUT2D eigenvalue weighted by molar-refractivity contribution is -0.144. The Morgan fingerprint density at radius 1 is 1.14 bits per heavy atom. The average molecular weight is 419 g/mol. The summed E-state index contributed by atoms with van der Waals surface area (Å²) in [6.45, 7) is 4.85. The van der Waals surface area contributed by atoms with Crippen molar-refractivity contribution < 1.29 is 23.8 Å². The van der Waals surface area contributed by atoms with Crippen LogP contribution in [0.1, 0.15) is 24.3 Å². The zero-order valence-electron chi connectivity index (χ0n) is 16.9. The largest absolute Gasteiger partial charge is 0.454 e. The van der Waals surface area contributed by atoms with E-state index in [1.807, 2.05) is 49.6 Å². The number of fused-ring (bicyclic) bond motifs is 1. The topological polar surface area (TPSA) is 68.3 Å². The maximum Gasteiger partial charge on any atom is 0.249 e. The molecule has 7 nitrogen and oxygen atoms in total. The van der Waals surface area contributed by atoms with Gasteiger partial charge in [0.1, 0.15) is 13.2 Å². The molecule has 0 radical (unpaired) electrons. The molecule has 0 bridgehead atoms. The number of methoxy groups -OCH3 is 1. The predicted octanol–water partition coefficient (Wildman–Crippen LogP) is 2.89. The second-order valence-electron chi connectivity index (χ2n) is 7.07. The van der Waals surface area contributed by atoms with Gasteiger partial charge in [0, 0.05) is 24.6 Å². The molecule has 0 atom stereocenters. The Labute approximate surface area is 174 Å². The van der Waals surface area contributed by atoms with Gasteiger partial charge in [-0.2, -0.15) is 0 Å². The Kier molecular flexibility index (Phi) is 7.11. The maximum atomic E-state index is 13.2. The number of carbonyl (C=O) groups excluding carboxylic acids is 2. The van der Waals surface area contributed by atoms with Gasteiger partial charge in [0.05, 0.1) is 6.54 Å². The van der Waals surface area contributed by atoms with Gasteiger partial charge in [-0.05, 0) is 43.0 Å². The fourth-order valence-electron chi connectivity index (χ4n) is 3.09. The van der Waals surface area contributed by atoms with Gasteiger partial charge in [0.15, 0.2) is 11.5 Å². The summed E-state index contributed by atoms with van der Waals surface area (Å²) in [5, 5.41) is 1.99. The Bertz CT molecular complexity index is 838. The molecule has 2 amide bonds. The van der Waals surface area contributed by atoms with E-state index in [1.165, 1.54) is 7.11 Å². The maximum absolute atomic E-state index is 13.2. The van der Waals surface area contributed by atoms with Crippen molar-refractivity contribution in [3.05, 3.63) is 46.2 Å². The summed E-state index contributed by atoms with van der Waals surface area (Å²) in [6.07, 6.45) is 0. The molecule has 1 aromatic carbocycles. The smallest absolute Gasteiger partial charge is 0.249 e. The molecule has 0 spiro atoms. The first kappa shape index (κ1) is 21.1. The molecular formula is C21H26N2O5S. The van der Waals surface area contributed by atoms with Gasteiger partial charge in [-0.3, -0.25) is 9.59 Å². The minimum Gasteiger partial charge on any atom is -0.454 e. The second kappa shape index (κ2) is 9.76. The molecule has 0 saturated heterocycles. The highest BCUT2D eigenvalue weighted by molar-refractivity contribution is 7.09. The SMILES string of the molecule is COCC(=O)N(CC(=O)N(Cc1ccc2c(c1)OCO2)Cc1cccs1)C(C)C. The number of nitrogens with zero attached hydrogens (tertiary/aromatic N) is 2. The molecule has 2 heterocycles. The van der Waals surface area contributed by atoms with E-state index in [0.29, 0.717) is 24.6 Å². The summed E-state index contributed by atoms with van der Waals surface area (Å²) in [6, 6.07) is 9.54. The molecule has 8 heteroatoms. The Hall–Kier alpha value is -2.58. The molecule has 29 heavy (non-hydrogen) atoms. The third kappa shape index (κ3) is 5.48. The van der Waals surface area contributed by atoms with Gasteiger partial charge in [-0.15, -0.1) is 11.3 Å². The van der Waals surface area contributed by atoms with Crippen molar-refractivity contribution >= 4 is 23.2 Å². The molecule has 3 rings (SSSR count). The molecule has 1 aliphatic heterocycles. The van der Waals surface area contributed by atoms with E-state index in [0.717, 1.165) is 10.4 Å². The van der Waals surface area contributed by atoms with Gasteiger partial charge in [-0.25, -0.2) is 0 Å². The summed E-state index contributed by atoms with van der Waals surface area (Å²) < 4.78 is 15.8. The molecule has 1 aromatic heterocycles. The summed E-state index contributed by atoms with van der Waals surface area (Å²) >= 11 is 1.60. The minimum absolute atomic E-state index is 0.00971. The number of carbonyl (C=O) groups is 2. The van der Waals surface area contributed by atoms with E-state index in [4.69, 9.17) is 14.2 Å². The van der Waals surface area contributed by atoms with Gasteiger partial charge in [0.25, 0.3) is 0 Å². The highest BCUT2D eigenvalue weighted by Gasteiger charge is 2.24. The summed E-state index contributed by atoms with van der Waals surface area (Å²) in [5.74, 6) is 1.08. The van der Waals surface area contributed by atoms with Crippen LogP contribution in [0.15, 0.2) is 35.7 Å². The summed E-state index contributed by atoms with van der Waals surface area (Å²) in [4.78, 5) is 29.9. The van der Waals surface area contributed by atoms with Crippen molar-refractivity contribution in [1.29, 1.82) is 0 Å². The monoisotopic (exact) mass is 418 g/mol. The van der Waals surface area contributed by atoms with Crippen LogP contribution in [0.2, 0.25) is 0 Å². The zero-order valence-corrected chi connectivity index (χ0v) is 17.7. The van der Waals surface area contributed by atoms with E-state index in [-0.39, 0.29) is 37.8 Å². The van der Waals surface area contributed by atoms with E-state index in [2.05, 4.69) is 0 Å². The number of rotatable bonds is 9. The molecule has 0 unspecified atom stereocenters. The lowest BCUT2D eigenvalue weighted by Gasteiger charge is -2.30. The molecule has 156 valence electrons. The van der Waals surface area contributed by atoms with E-state index < -0.39 is 0 Å². The van der Waals surface area contributed by atoms with E-state index in [1.54, 1.807) is 21.1 Å². The first-order valence-electron chi connectivity index (χ1n) is 9.45. The van der Waals surface area contributed by atoms with Crippen LogP contribution >= 0.6 is 11.3 Å². The number of hydrogen-bond donors (Lipinski definition) is 0. The highest BCUT2D eigenvalue weighted by atomic mass is 32.1. The number of benzene rings is 1. The molecule has 0 aliphatic carbocycles. The van der Waals surface area contributed by atoms with Crippen LogP contribution in [0.4, 0.5) is 0 Å². The van der Waals surface area contributed by atoms with Crippen LogP contribution in [-0.2, 0) is 27.4 Å². The number of amides is 2. The van der Waals surface area contributed by atoms with Crippen molar-refractivity contribution in [2.24, 2.45) is 0 Å². The van der Waals surface area contributed by atoms with E-state index >= 15 is 0 Å². The Balaban J connectivity index is 1.76. The molecule has 0 N–H and O–H groups in total. The van der Waals surface area contributed by atoms with Crippen LogP contribution < -0.4 is 9.47 Å². The van der Waals surface area contributed by atoms with Crippen LogP contribution in [-0.4, -0.2) is 54.7 Å². The second-order valence-corrected chi connectivity index (χ2v) is 8.10. The molecular weight excluding hydrogens is 392 g/mol. The first-order valence-corrected chi connectivity index (χ1v) is 10.3. The van der Waals surface area contributed by atoms with Crippen LogP contribution in [0.25, 0.3) is 0 Å². The molecule has 0 saturated carbocycles. The fourth-order valence-corrected chi connectivity index (χ4v) is 3.81. The summed E-state index contributed by atoms with van der Waals surface area (Å²) in [7, 11) is 1.47. The Morgan fingerprint density at radius 3 is 2.62 bits per heavy atom.